The summed E-state index contributed by atoms with van der Waals surface area (Å²) < 4.78 is 0. The van der Waals surface area contributed by atoms with Crippen molar-refractivity contribution in [2.75, 3.05) is 5.88 Å². The zero-order valence-electron chi connectivity index (χ0n) is 10.1. The SMILES string of the molecule is CC(CCCl)Sc1c(C#N)cnc2ccccc12. The van der Waals surface area contributed by atoms with Crippen molar-refractivity contribution < 1.29 is 0 Å². The molecule has 0 aliphatic heterocycles. The lowest BCUT2D eigenvalue weighted by molar-refractivity contribution is 0.912. The van der Waals surface area contributed by atoms with E-state index in [2.05, 4.69) is 18.0 Å². The van der Waals surface area contributed by atoms with E-state index in [1.54, 1.807) is 18.0 Å². The molecule has 0 bridgehead atoms. The molecule has 0 aliphatic carbocycles. The molecule has 0 aliphatic rings. The Morgan fingerprint density at radius 2 is 2.22 bits per heavy atom. The summed E-state index contributed by atoms with van der Waals surface area (Å²) in [6.45, 7) is 2.13. The van der Waals surface area contributed by atoms with Gasteiger partial charge in [0.1, 0.15) is 6.07 Å². The molecule has 2 rings (SSSR count). The van der Waals surface area contributed by atoms with Crippen LogP contribution in [-0.4, -0.2) is 16.1 Å². The Morgan fingerprint density at radius 3 is 2.94 bits per heavy atom. The molecular formula is C14H13ClN2S. The topological polar surface area (TPSA) is 36.7 Å². The molecule has 1 heterocycles. The van der Waals surface area contributed by atoms with Gasteiger partial charge in [-0.05, 0) is 12.5 Å². The third-order valence-electron chi connectivity index (χ3n) is 2.68. The maximum absolute atomic E-state index is 9.19. The fourth-order valence-electron chi connectivity index (χ4n) is 1.74. The maximum Gasteiger partial charge on any atom is 0.102 e. The standard InChI is InChI=1S/C14H13ClN2S/c1-10(6-7-15)18-14-11(8-16)9-17-13-5-3-2-4-12(13)14/h2-5,9-10H,6-7H2,1H3. The first-order chi connectivity index (χ1) is 8.76. The van der Waals surface area contributed by atoms with Gasteiger partial charge < -0.3 is 0 Å². The maximum atomic E-state index is 9.19. The molecule has 1 atom stereocenters. The monoisotopic (exact) mass is 276 g/mol. The van der Waals surface area contributed by atoms with Gasteiger partial charge in [-0.3, -0.25) is 4.98 Å². The number of para-hydroxylation sites is 1. The summed E-state index contributed by atoms with van der Waals surface area (Å²) in [6, 6.07) is 10.1. The molecule has 18 heavy (non-hydrogen) atoms. The van der Waals surface area contributed by atoms with E-state index in [1.807, 2.05) is 24.3 Å². The Labute approximate surface area is 116 Å². The Kier molecular flexibility index (Phi) is 4.46. The number of nitrogens with zero attached hydrogens (tertiary/aromatic N) is 2. The number of fused-ring (bicyclic) bond motifs is 1. The third-order valence-corrected chi connectivity index (χ3v) is 4.21. The lowest BCUT2D eigenvalue weighted by Gasteiger charge is -2.12. The molecular weight excluding hydrogens is 264 g/mol. The Balaban J connectivity index is 2.48. The van der Waals surface area contributed by atoms with Gasteiger partial charge in [-0.2, -0.15) is 5.26 Å². The third kappa shape index (κ3) is 2.77. The summed E-state index contributed by atoms with van der Waals surface area (Å²) in [5.74, 6) is 0.638. The first-order valence-corrected chi connectivity index (χ1v) is 7.18. The van der Waals surface area contributed by atoms with Crippen molar-refractivity contribution in [1.82, 2.24) is 4.98 Å². The zero-order valence-corrected chi connectivity index (χ0v) is 11.6. The van der Waals surface area contributed by atoms with Crippen LogP contribution in [0.25, 0.3) is 10.9 Å². The molecule has 0 saturated heterocycles. The van der Waals surface area contributed by atoms with Crippen LogP contribution >= 0.6 is 23.4 Å². The number of hydrogen-bond donors (Lipinski definition) is 0. The van der Waals surface area contributed by atoms with E-state index in [9.17, 15) is 5.26 Å². The highest BCUT2D eigenvalue weighted by atomic mass is 35.5. The smallest absolute Gasteiger partial charge is 0.102 e. The second kappa shape index (κ2) is 6.08. The molecule has 0 fully saturated rings. The second-order valence-electron chi connectivity index (χ2n) is 4.04. The molecule has 2 aromatic rings. The Morgan fingerprint density at radius 1 is 1.44 bits per heavy atom. The van der Waals surface area contributed by atoms with Crippen molar-refractivity contribution >= 4 is 34.3 Å². The zero-order chi connectivity index (χ0) is 13.0. The van der Waals surface area contributed by atoms with Crippen molar-refractivity contribution in [1.29, 1.82) is 5.26 Å². The van der Waals surface area contributed by atoms with Gasteiger partial charge in [-0.1, -0.05) is 25.1 Å². The number of hydrogen-bond acceptors (Lipinski definition) is 3. The van der Waals surface area contributed by atoms with Gasteiger partial charge in [0.2, 0.25) is 0 Å². The van der Waals surface area contributed by atoms with E-state index in [4.69, 9.17) is 11.6 Å². The summed E-state index contributed by atoms with van der Waals surface area (Å²) in [5, 5.41) is 10.6. The number of rotatable bonds is 4. The van der Waals surface area contributed by atoms with E-state index in [0.717, 1.165) is 22.2 Å². The van der Waals surface area contributed by atoms with E-state index in [1.165, 1.54) is 0 Å². The average Bonchev–Trinajstić information content (AvgIpc) is 2.39. The first-order valence-electron chi connectivity index (χ1n) is 5.76. The highest BCUT2D eigenvalue weighted by Gasteiger charge is 2.12. The van der Waals surface area contributed by atoms with Crippen LogP contribution in [0, 0.1) is 11.3 Å². The van der Waals surface area contributed by atoms with Gasteiger partial charge in [-0.25, -0.2) is 0 Å². The van der Waals surface area contributed by atoms with Gasteiger partial charge >= 0.3 is 0 Å². The first kappa shape index (κ1) is 13.2. The molecule has 0 amide bonds. The summed E-state index contributed by atoms with van der Waals surface area (Å²) in [7, 11) is 0. The van der Waals surface area contributed by atoms with Gasteiger partial charge in [0.25, 0.3) is 0 Å². The fraction of sp³-hybridized carbons (Fsp3) is 0.286. The van der Waals surface area contributed by atoms with Crippen molar-refractivity contribution in [2.45, 2.75) is 23.5 Å². The molecule has 92 valence electrons. The summed E-state index contributed by atoms with van der Waals surface area (Å²) in [4.78, 5) is 5.32. The highest BCUT2D eigenvalue weighted by molar-refractivity contribution is 8.00. The number of benzene rings is 1. The number of alkyl halides is 1. The lowest BCUT2D eigenvalue weighted by atomic mass is 10.2. The average molecular weight is 277 g/mol. The van der Waals surface area contributed by atoms with Crippen LogP contribution in [-0.2, 0) is 0 Å². The Bertz CT molecular complexity index is 592. The van der Waals surface area contributed by atoms with Crippen molar-refractivity contribution in [3.63, 3.8) is 0 Å². The van der Waals surface area contributed by atoms with E-state index >= 15 is 0 Å². The lowest BCUT2D eigenvalue weighted by Crippen LogP contribution is -1.98. The molecule has 1 unspecified atom stereocenters. The summed E-state index contributed by atoms with van der Waals surface area (Å²) in [5.41, 5.74) is 1.57. The summed E-state index contributed by atoms with van der Waals surface area (Å²) >= 11 is 7.47. The van der Waals surface area contributed by atoms with Gasteiger partial charge in [-0.15, -0.1) is 23.4 Å². The van der Waals surface area contributed by atoms with Crippen LogP contribution in [0.3, 0.4) is 0 Å². The quantitative estimate of drug-likeness (QED) is 0.620. The van der Waals surface area contributed by atoms with Crippen LogP contribution < -0.4 is 0 Å². The van der Waals surface area contributed by atoms with E-state index in [-0.39, 0.29) is 0 Å². The minimum atomic E-state index is 0.389. The van der Waals surface area contributed by atoms with Crippen LogP contribution in [0.4, 0.5) is 0 Å². The summed E-state index contributed by atoms with van der Waals surface area (Å²) in [6.07, 6.45) is 2.58. The highest BCUT2D eigenvalue weighted by Crippen LogP contribution is 2.33. The van der Waals surface area contributed by atoms with Crippen LogP contribution in [0.1, 0.15) is 18.9 Å². The molecule has 2 nitrogen and oxygen atoms in total. The van der Waals surface area contributed by atoms with Crippen molar-refractivity contribution in [2.24, 2.45) is 0 Å². The molecule has 1 aromatic carbocycles. The van der Waals surface area contributed by atoms with E-state index < -0.39 is 0 Å². The van der Waals surface area contributed by atoms with Crippen molar-refractivity contribution in [3.05, 3.63) is 36.0 Å². The minimum Gasteiger partial charge on any atom is -0.255 e. The molecule has 0 saturated carbocycles. The predicted octanol–water partition coefficient (Wildman–Crippen LogP) is 4.22. The van der Waals surface area contributed by atoms with E-state index in [0.29, 0.717) is 16.7 Å². The predicted molar refractivity (Wildman–Crippen MR) is 77.1 cm³/mol. The number of pyridine rings is 1. The van der Waals surface area contributed by atoms with Crippen LogP contribution in [0.2, 0.25) is 0 Å². The molecule has 0 N–H and O–H groups in total. The Hall–Kier alpha value is -1.24. The number of thioether (sulfide) groups is 1. The fourth-order valence-corrected chi connectivity index (χ4v) is 3.36. The molecule has 0 spiro atoms. The van der Waals surface area contributed by atoms with Gasteiger partial charge in [0.05, 0.1) is 11.1 Å². The normalized spacial score (nSPS) is 12.3. The molecule has 1 aromatic heterocycles. The van der Waals surface area contributed by atoms with Crippen molar-refractivity contribution in [3.8, 4) is 6.07 Å². The second-order valence-corrected chi connectivity index (χ2v) is 5.86. The minimum absolute atomic E-state index is 0.389. The van der Waals surface area contributed by atoms with Gasteiger partial charge in [0.15, 0.2) is 0 Å². The van der Waals surface area contributed by atoms with Crippen LogP contribution in [0.15, 0.2) is 35.4 Å². The number of nitriles is 1. The largest absolute Gasteiger partial charge is 0.255 e. The molecule has 0 radical (unpaired) electrons. The number of aromatic nitrogens is 1. The van der Waals surface area contributed by atoms with Gasteiger partial charge in [0, 0.05) is 27.6 Å². The van der Waals surface area contributed by atoms with Crippen LogP contribution in [0.5, 0.6) is 0 Å². The molecule has 4 heteroatoms. The number of halogens is 1.